The Bertz CT molecular complexity index is 397. The van der Waals surface area contributed by atoms with Crippen LogP contribution in [0.2, 0.25) is 5.15 Å². The molecule has 1 aromatic rings. The number of alkyl halides is 3. The summed E-state index contributed by atoms with van der Waals surface area (Å²) in [5, 5.41) is 8.52. The van der Waals surface area contributed by atoms with E-state index in [-0.39, 0.29) is 21.7 Å². The molecule has 1 heterocycles. The molecule has 0 amide bonds. The zero-order valence-electron chi connectivity index (χ0n) is 8.37. The highest BCUT2D eigenvalue weighted by atomic mass is 35.5. The summed E-state index contributed by atoms with van der Waals surface area (Å²) in [5.41, 5.74) is 0. The fraction of sp³-hybridized carbons (Fsp3) is 0.500. The van der Waals surface area contributed by atoms with Gasteiger partial charge in [-0.2, -0.15) is 13.2 Å². The molecule has 0 unspecified atom stereocenters. The minimum atomic E-state index is -4.42. The zero-order valence-corrected chi connectivity index (χ0v) is 9.94. The van der Waals surface area contributed by atoms with Crippen LogP contribution in [0.5, 0.6) is 0 Å². The summed E-state index contributed by atoms with van der Waals surface area (Å²) in [5.74, 6) is 0. The van der Waals surface area contributed by atoms with Crippen molar-refractivity contribution < 1.29 is 23.1 Å². The van der Waals surface area contributed by atoms with Crippen molar-refractivity contribution in [2.75, 3.05) is 24.6 Å². The van der Waals surface area contributed by atoms with E-state index in [1.807, 2.05) is 0 Å². The van der Waals surface area contributed by atoms with Crippen molar-refractivity contribution >= 4 is 34.4 Å². The Morgan fingerprint density at radius 3 is 2.59 bits per heavy atom. The van der Waals surface area contributed by atoms with Gasteiger partial charge in [0.25, 0.3) is 0 Å². The lowest BCUT2D eigenvalue weighted by molar-refractivity contribution is -0.119. The number of nitrogens with zero attached hydrogens (tertiary/aromatic N) is 2. The maximum Gasteiger partial charge on any atom is 0.406 e. The molecule has 0 spiro atoms. The van der Waals surface area contributed by atoms with E-state index in [1.54, 1.807) is 0 Å². The number of aromatic nitrogens is 1. The van der Waals surface area contributed by atoms with Gasteiger partial charge in [-0.1, -0.05) is 22.9 Å². The van der Waals surface area contributed by atoms with E-state index in [0.717, 1.165) is 16.2 Å². The quantitative estimate of drug-likeness (QED) is 0.842. The molecule has 0 fully saturated rings. The van der Waals surface area contributed by atoms with E-state index in [1.165, 1.54) is 0 Å². The first-order valence-electron chi connectivity index (χ1n) is 4.41. The minimum absolute atomic E-state index is 0.0384. The lowest BCUT2D eigenvalue weighted by Crippen LogP contribution is -2.36. The highest BCUT2D eigenvalue weighted by Crippen LogP contribution is 2.30. The summed E-state index contributed by atoms with van der Waals surface area (Å²) in [6, 6.07) is 0. The van der Waals surface area contributed by atoms with E-state index < -0.39 is 19.3 Å². The Hall–Kier alpha value is -0.860. The Kier molecular flexibility index (Phi) is 4.72. The van der Waals surface area contributed by atoms with Gasteiger partial charge < -0.3 is 10.0 Å². The molecule has 1 rings (SSSR count). The molecule has 4 nitrogen and oxygen atoms in total. The number of carbonyl (C=O) groups excluding carboxylic acids is 1. The lowest BCUT2D eigenvalue weighted by atomic mass is 10.5. The average Bonchev–Trinajstić information content (AvgIpc) is 2.57. The van der Waals surface area contributed by atoms with E-state index in [4.69, 9.17) is 16.7 Å². The number of aliphatic hydroxyl groups excluding tert-OH is 1. The van der Waals surface area contributed by atoms with Gasteiger partial charge >= 0.3 is 6.18 Å². The number of hydrogen-bond acceptors (Lipinski definition) is 5. The summed E-state index contributed by atoms with van der Waals surface area (Å²) >= 11 is 6.31. The zero-order chi connectivity index (χ0) is 13.1. The lowest BCUT2D eigenvalue weighted by Gasteiger charge is -2.21. The van der Waals surface area contributed by atoms with Crippen molar-refractivity contribution in [3.63, 3.8) is 0 Å². The molecule has 17 heavy (non-hydrogen) atoms. The maximum absolute atomic E-state index is 12.3. The van der Waals surface area contributed by atoms with Gasteiger partial charge in [-0.3, -0.25) is 4.79 Å². The molecule has 9 heteroatoms. The number of aliphatic hydroxyl groups is 1. The highest BCUT2D eigenvalue weighted by molar-refractivity contribution is 7.17. The first kappa shape index (κ1) is 14.2. The summed E-state index contributed by atoms with van der Waals surface area (Å²) in [7, 11) is 0. The number of hydrogen-bond donors (Lipinski definition) is 1. The van der Waals surface area contributed by atoms with Crippen LogP contribution in [-0.4, -0.2) is 42.2 Å². The average molecular weight is 289 g/mol. The van der Waals surface area contributed by atoms with Crippen molar-refractivity contribution in [3.8, 4) is 0 Å². The smallest absolute Gasteiger partial charge is 0.395 e. The molecular formula is C8H8ClF3N2O2S. The number of halogens is 4. The first-order chi connectivity index (χ1) is 7.87. The Balaban J connectivity index is 2.92. The maximum atomic E-state index is 12.3. The molecular weight excluding hydrogens is 281 g/mol. The molecule has 0 saturated heterocycles. The van der Waals surface area contributed by atoms with Crippen molar-refractivity contribution in [3.05, 3.63) is 10.0 Å². The fourth-order valence-electron chi connectivity index (χ4n) is 1.09. The van der Waals surface area contributed by atoms with Crippen LogP contribution in [0, 0.1) is 0 Å². The molecule has 0 radical (unpaired) electrons. The van der Waals surface area contributed by atoms with Crippen LogP contribution in [0.25, 0.3) is 0 Å². The largest absolute Gasteiger partial charge is 0.406 e. The van der Waals surface area contributed by atoms with Crippen LogP contribution in [-0.2, 0) is 0 Å². The molecule has 0 aromatic carbocycles. The number of carbonyl (C=O) groups is 1. The summed E-state index contributed by atoms with van der Waals surface area (Å²) in [6.45, 7) is -1.94. The van der Waals surface area contributed by atoms with Crippen LogP contribution in [0.4, 0.5) is 18.3 Å². The van der Waals surface area contributed by atoms with Crippen LogP contribution >= 0.6 is 22.9 Å². The molecule has 0 aliphatic carbocycles. The Labute approximate surface area is 104 Å². The highest BCUT2D eigenvalue weighted by Gasteiger charge is 2.32. The van der Waals surface area contributed by atoms with Gasteiger partial charge in [-0.15, -0.1) is 0 Å². The minimum Gasteiger partial charge on any atom is -0.395 e. The predicted molar refractivity (Wildman–Crippen MR) is 57.9 cm³/mol. The molecule has 1 N–H and O–H groups in total. The van der Waals surface area contributed by atoms with Crippen molar-refractivity contribution in [2.24, 2.45) is 0 Å². The van der Waals surface area contributed by atoms with Crippen molar-refractivity contribution in [2.45, 2.75) is 6.18 Å². The molecule has 96 valence electrons. The number of rotatable bonds is 5. The second kappa shape index (κ2) is 5.65. The predicted octanol–water partition coefficient (Wildman–Crippen LogP) is 1.97. The second-order valence-electron chi connectivity index (χ2n) is 3.03. The SMILES string of the molecule is O=Cc1sc(N(CCO)CC(F)(F)F)nc1Cl. The first-order valence-corrected chi connectivity index (χ1v) is 5.61. The molecule has 0 aliphatic rings. The van der Waals surface area contributed by atoms with Crippen molar-refractivity contribution in [1.29, 1.82) is 0 Å². The number of anilines is 1. The van der Waals surface area contributed by atoms with E-state index in [0.29, 0.717) is 6.29 Å². The molecule has 1 aromatic heterocycles. The summed E-state index contributed by atoms with van der Waals surface area (Å²) in [6.07, 6.45) is -4.00. The monoisotopic (exact) mass is 288 g/mol. The number of thiazole rings is 1. The van der Waals surface area contributed by atoms with Gasteiger partial charge in [0, 0.05) is 6.54 Å². The van der Waals surface area contributed by atoms with Gasteiger partial charge in [-0.05, 0) is 0 Å². The molecule has 0 aliphatic heterocycles. The fourth-order valence-corrected chi connectivity index (χ4v) is 2.18. The molecule has 0 saturated carbocycles. The number of aldehydes is 1. The third-order valence-electron chi connectivity index (χ3n) is 1.72. The van der Waals surface area contributed by atoms with Gasteiger partial charge in [-0.25, -0.2) is 4.98 Å². The van der Waals surface area contributed by atoms with Gasteiger partial charge in [0.1, 0.15) is 11.4 Å². The molecule has 0 atom stereocenters. The topological polar surface area (TPSA) is 53.4 Å². The van der Waals surface area contributed by atoms with Crippen LogP contribution in [0.1, 0.15) is 9.67 Å². The Morgan fingerprint density at radius 2 is 2.18 bits per heavy atom. The normalized spacial score (nSPS) is 11.6. The van der Waals surface area contributed by atoms with Crippen molar-refractivity contribution in [1.82, 2.24) is 4.98 Å². The van der Waals surface area contributed by atoms with Crippen LogP contribution in [0.3, 0.4) is 0 Å². The summed E-state index contributed by atoms with van der Waals surface area (Å²) in [4.78, 5) is 15.0. The van der Waals surface area contributed by atoms with Gasteiger partial charge in [0.2, 0.25) is 0 Å². The second-order valence-corrected chi connectivity index (χ2v) is 4.40. The van der Waals surface area contributed by atoms with Crippen LogP contribution < -0.4 is 4.90 Å². The van der Waals surface area contributed by atoms with E-state index in [9.17, 15) is 18.0 Å². The molecule has 0 bridgehead atoms. The van der Waals surface area contributed by atoms with Gasteiger partial charge in [0.15, 0.2) is 16.6 Å². The van der Waals surface area contributed by atoms with Crippen LogP contribution in [0.15, 0.2) is 0 Å². The third kappa shape index (κ3) is 4.14. The summed E-state index contributed by atoms with van der Waals surface area (Å²) < 4.78 is 36.8. The van der Waals surface area contributed by atoms with Gasteiger partial charge in [0.05, 0.1) is 6.61 Å². The third-order valence-corrected chi connectivity index (χ3v) is 3.16. The standard InChI is InChI=1S/C8H8ClF3N2O2S/c9-6-5(3-16)17-7(13-6)14(1-2-15)4-8(10,11)12/h3,15H,1-2,4H2. The Morgan fingerprint density at radius 1 is 1.53 bits per heavy atom. The van der Waals surface area contributed by atoms with E-state index >= 15 is 0 Å². The van der Waals surface area contributed by atoms with E-state index in [2.05, 4.69) is 4.98 Å².